The molecule has 0 amide bonds. The highest BCUT2D eigenvalue weighted by atomic mass is 14.6. The van der Waals surface area contributed by atoms with E-state index in [0.29, 0.717) is 11.6 Å². The SMILES string of the molecule is CCC(C)/C(N)=C/C#N. The maximum Gasteiger partial charge on any atom is 0.0930 e. The van der Waals surface area contributed by atoms with Crippen LogP contribution in [0.4, 0.5) is 0 Å². The van der Waals surface area contributed by atoms with Gasteiger partial charge in [-0.05, 0) is 12.3 Å². The minimum atomic E-state index is 0.338. The lowest BCUT2D eigenvalue weighted by atomic mass is 10.1. The third kappa shape index (κ3) is 2.76. The molecule has 0 radical (unpaired) electrons. The summed E-state index contributed by atoms with van der Waals surface area (Å²) in [4.78, 5) is 0. The fraction of sp³-hybridized carbons (Fsp3) is 0.571. The summed E-state index contributed by atoms with van der Waals surface area (Å²) in [6, 6.07) is 1.90. The van der Waals surface area contributed by atoms with E-state index in [0.717, 1.165) is 6.42 Å². The fourth-order valence-corrected chi connectivity index (χ4v) is 0.452. The molecule has 0 spiro atoms. The zero-order chi connectivity index (χ0) is 7.28. The number of hydrogen-bond donors (Lipinski definition) is 1. The molecule has 0 aliphatic rings. The summed E-state index contributed by atoms with van der Waals surface area (Å²) in [6.07, 6.45) is 2.39. The van der Waals surface area contributed by atoms with Crippen LogP contribution in [0.2, 0.25) is 0 Å². The molecular weight excluding hydrogens is 112 g/mol. The van der Waals surface area contributed by atoms with Crippen molar-refractivity contribution in [1.82, 2.24) is 0 Å². The van der Waals surface area contributed by atoms with Crippen molar-refractivity contribution in [1.29, 1.82) is 5.26 Å². The summed E-state index contributed by atoms with van der Waals surface area (Å²) in [5.74, 6) is 0.338. The van der Waals surface area contributed by atoms with Gasteiger partial charge < -0.3 is 5.73 Å². The fourth-order valence-electron chi connectivity index (χ4n) is 0.452. The Morgan fingerprint density at radius 3 is 2.78 bits per heavy atom. The molecule has 9 heavy (non-hydrogen) atoms. The quantitative estimate of drug-likeness (QED) is 0.565. The molecule has 0 saturated heterocycles. The molecule has 0 aromatic heterocycles. The third-order valence-electron chi connectivity index (χ3n) is 1.41. The molecule has 0 rings (SSSR count). The maximum atomic E-state index is 8.17. The van der Waals surface area contributed by atoms with E-state index in [1.54, 1.807) is 0 Å². The number of nitrogens with two attached hydrogens (primary N) is 1. The molecule has 2 heteroatoms. The lowest BCUT2D eigenvalue weighted by Gasteiger charge is -2.05. The van der Waals surface area contributed by atoms with Crippen molar-refractivity contribution in [3.8, 4) is 6.07 Å². The minimum Gasteiger partial charge on any atom is -0.401 e. The Hall–Kier alpha value is -0.970. The largest absolute Gasteiger partial charge is 0.401 e. The van der Waals surface area contributed by atoms with Crippen LogP contribution < -0.4 is 5.73 Å². The minimum absolute atomic E-state index is 0.338. The zero-order valence-corrected chi connectivity index (χ0v) is 5.89. The van der Waals surface area contributed by atoms with Crippen molar-refractivity contribution in [2.75, 3.05) is 0 Å². The highest BCUT2D eigenvalue weighted by molar-refractivity contribution is 5.11. The van der Waals surface area contributed by atoms with Gasteiger partial charge in [-0.3, -0.25) is 0 Å². The second-order valence-corrected chi connectivity index (χ2v) is 2.08. The molecule has 0 aromatic rings. The topological polar surface area (TPSA) is 49.8 Å². The zero-order valence-electron chi connectivity index (χ0n) is 5.89. The van der Waals surface area contributed by atoms with Gasteiger partial charge in [-0.2, -0.15) is 5.26 Å². The lowest BCUT2D eigenvalue weighted by molar-refractivity contribution is 0.648. The van der Waals surface area contributed by atoms with E-state index in [4.69, 9.17) is 11.0 Å². The van der Waals surface area contributed by atoms with Crippen LogP contribution in [0.25, 0.3) is 0 Å². The van der Waals surface area contributed by atoms with Crippen molar-refractivity contribution >= 4 is 0 Å². The average Bonchev–Trinajstić information content (AvgIpc) is 1.87. The van der Waals surface area contributed by atoms with Gasteiger partial charge in [0.05, 0.1) is 6.07 Å². The Kier molecular flexibility index (Phi) is 3.54. The monoisotopic (exact) mass is 124 g/mol. The van der Waals surface area contributed by atoms with Crippen molar-refractivity contribution in [2.24, 2.45) is 11.7 Å². The summed E-state index contributed by atoms with van der Waals surface area (Å²) < 4.78 is 0. The van der Waals surface area contributed by atoms with Crippen LogP contribution in [0.1, 0.15) is 20.3 Å². The Balaban J connectivity index is 3.89. The van der Waals surface area contributed by atoms with Gasteiger partial charge >= 0.3 is 0 Å². The summed E-state index contributed by atoms with van der Waals surface area (Å²) in [5, 5.41) is 8.17. The van der Waals surface area contributed by atoms with Gasteiger partial charge in [-0.1, -0.05) is 13.8 Å². The van der Waals surface area contributed by atoms with Gasteiger partial charge in [-0.25, -0.2) is 0 Å². The molecule has 0 saturated carbocycles. The van der Waals surface area contributed by atoms with Crippen molar-refractivity contribution < 1.29 is 0 Å². The van der Waals surface area contributed by atoms with Gasteiger partial charge in [0.15, 0.2) is 0 Å². The highest BCUT2D eigenvalue weighted by Gasteiger charge is 1.99. The Bertz CT molecular complexity index is 141. The first kappa shape index (κ1) is 8.03. The van der Waals surface area contributed by atoms with Crippen LogP contribution in [0.15, 0.2) is 11.8 Å². The number of hydrogen-bond acceptors (Lipinski definition) is 2. The normalized spacial score (nSPS) is 14.6. The van der Waals surface area contributed by atoms with Crippen LogP contribution in [0, 0.1) is 17.2 Å². The molecule has 50 valence electrons. The van der Waals surface area contributed by atoms with Gasteiger partial charge in [0.25, 0.3) is 0 Å². The first-order valence-electron chi connectivity index (χ1n) is 3.07. The van der Waals surface area contributed by atoms with Gasteiger partial charge in [-0.15, -0.1) is 0 Å². The second-order valence-electron chi connectivity index (χ2n) is 2.08. The first-order chi connectivity index (χ1) is 4.22. The predicted molar refractivity (Wildman–Crippen MR) is 37.3 cm³/mol. The van der Waals surface area contributed by atoms with Crippen LogP contribution in [-0.4, -0.2) is 0 Å². The standard InChI is InChI=1S/C7H12N2/c1-3-6(2)7(9)4-5-8/h4,6H,3,9H2,1-2H3/b7-4-. The molecule has 2 N–H and O–H groups in total. The second kappa shape index (κ2) is 3.96. The molecule has 0 aliphatic heterocycles. The first-order valence-corrected chi connectivity index (χ1v) is 3.07. The molecule has 2 nitrogen and oxygen atoms in total. The molecule has 0 aliphatic carbocycles. The van der Waals surface area contributed by atoms with Gasteiger partial charge in [0.1, 0.15) is 0 Å². The average molecular weight is 124 g/mol. The molecule has 0 fully saturated rings. The third-order valence-corrected chi connectivity index (χ3v) is 1.41. The van der Waals surface area contributed by atoms with E-state index in [9.17, 15) is 0 Å². The number of nitriles is 1. The van der Waals surface area contributed by atoms with Crippen LogP contribution in [-0.2, 0) is 0 Å². The molecular formula is C7H12N2. The molecule has 0 heterocycles. The van der Waals surface area contributed by atoms with Crippen molar-refractivity contribution in [3.05, 3.63) is 11.8 Å². The van der Waals surface area contributed by atoms with Gasteiger partial charge in [0, 0.05) is 11.8 Å². The van der Waals surface area contributed by atoms with Crippen LogP contribution >= 0.6 is 0 Å². The Morgan fingerprint density at radius 2 is 2.44 bits per heavy atom. The van der Waals surface area contributed by atoms with E-state index in [2.05, 4.69) is 0 Å². The smallest absolute Gasteiger partial charge is 0.0930 e. The highest BCUT2D eigenvalue weighted by Crippen LogP contribution is 2.06. The predicted octanol–water partition coefficient (Wildman–Crippen LogP) is 1.40. The Labute approximate surface area is 56.0 Å². The van der Waals surface area contributed by atoms with Crippen molar-refractivity contribution in [3.63, 3.8) is 0 Å². The number of nitrogens with zero attached hydrogens (tertiary/aromatic N) is 1. The summed E-state index contributed by atoms with van der Waals surface area (Å²) in [6.45, 7) is 4.05. The van der Waals surface area contributed by atoms with E-state index < -0.39 is 0 Å². The molecule has 0 aromatic carbocycles. The van der Waals surface area contributed by atoms with Gasteiger partial charge in [0.2, 0.25) is 0 Å². The van der Waals surface area contributed by atoms with E-state index in [1.807, 2.05) is 19.9 Å². The van der Waals surface area contributed by atoms with E-state index >= 15 is 0 Å². The summed E-state index contributed by atoms with van der Waals surface area (Å²) >= 11 is 0. The number of allylic oxidation sites excluding steroid dienone is 2. The Morgan fingerprint density at radius 1 is 1.89 bits per heavy atom. The van der Waals surface area contributed by atoms with E-state index in [1.165, 1.54) is 6.08 Å². The maximum absolute atomic E-state index is 8.17. The van der Waals surface area contributed by atoms with Crippen LogP contribution in [0.3, 0.4) is 0 Å². The van der Waals surface area contributed by atoms with E-state index in [-0.39, 0.29) is 0 Å². The van der Waals surface area contributed by atoms with Crippen molar-refractivity contribution in [2.45, 2.75) is 20.3 Å². The number of rotatable bonds is 2. The lowest BCUT2D eigenvalue weighted by Crippen LogP contribution is -2.06. The molecule has 1 atom stereocenters. The molecule has 1 unspecified atom stereocenters. The summed E-state index contributed by atoms with van der Waals surface area (Å²) in [5.41, 5.74) is 6.16. The summed E-state index contributed by atoms with van der Waals surface area (Å²) in [7, 11) is 0. The van der Waals surface area contributed by atoms with Crippen LogP contribution in [0.5, 0.6) is 0 Å². The molecule has 0 bridgehead atoms.